The number of benzene rings is 1. The van der Waals surface area contributed by atoms with Crippen molar-refractivity contribution in [3.05, 3.63) is 29.3 Å². The lowest BCUT2D eigenvalue weighted by molar-refractivity contribution is 0.340. The predicted molar refractivity (Wildman–Crippen MR) is 93.0 cm³/mol. The Hall–Kier alpha value is -1.02. The molecule has 2 heteroatoms. The van der Waals surface area contributed by atoms with Crippen LogP contribution in [0.1, 0.15) is 57.1 Å². The summed E-state index contributed by atoms with van der Waals surface area (Å²) in [5.41, 5.74) is 4.22. The summed E-state index contributed by atoms with van der Waals surface area (Å²) in [5.74, 6) is 0.919. The van der Waals surface area contributed by atoms with Crippen molar-refractivity contribution >= 4 is 5.69 Å². The summed E-state index contributed by atoms with van der Waals surface area (Å²) in [6.07, 6.45) is 6.65. The highest BCUT2D eigenvalue weighted by atomic mass is 15.1. The van der Waals surface area contributed by atoms with Gasteiger partial charge in [-0.05, 0) is 68.7 Å². The van der Waals surface area contributed by atoms with Crippen molar-refractivity contribution in [2.45, 2.75) is 65.5 Å². The van der Waals surface area contributed by atoms with Crippen LogP contribution in [-0.4, -0.2) is 19.6 Å². The molecule has 1 saturated carbocycles. The molecule has 21 heavy (non-hydrogen) atoms. The molecule has 0 bridgehead atoms. The maximum Gasteiger partial charge on any atom is 0.0396 e. The Morgan fingerprint density at radius 2 is 1.90 bits per heavy atom. The maximum absolute atomic E-state index is 3.48. The second kappa shape index (κ2) is 7.84. The molecule has 0 spiro atoms. The number of hydrogen-bond acceptors (Lipinski definition) is 2. The lowest BCUT2D eigenvalue weighted by Crippen LogP contribution is -2.35. The van der Waals surface area contributed by atoms with Gasteiger partial charge in [-0.25, -0.2) is 0 Å². The van der Waals surface area contributed by atoms with Gasteiger partial charge in [0.15, 0.2) is 0 Å². The number of anilines is 1. The van der Waals surface area contributed by atoms with Crippen LogP contribution in [0.15, 0.2) is 18.2 Å². The monoisotopic (exact) mass is 288 g/mol. The highest BCUT2D eigenvalue weighted by Gasteiger charge is 2.22. The molecule has 0 radical (unpaired) electrons. The van der Waals surface area contributed by atoms with E-state index in [2.05, 4.69) is 56.2 Å². The van der Waals surface area contributed by atoms with E-state index in [-0.39, 0.29) is 0 Å². The van der Waals surface area contributed by atoms with E-state index >= 15 is 0 Å². The largest absolute Gasteiger partial charge is 0.371 e. The van der Waals surface area contributed by atoms with Crippen LogP contribution in [0, 0.1) is 12.8 Å². The van der Waals surface area contributed by atoms with E-state index < -0.39 is 0 Å². The number of hydrogen-bond donors (Lipinski definition) is 1. The Morgan fingerprint density at radius 1 is 1.19 bits per heavy atom. The van der Waals surface area contributed by atoms with Crippen LogP contribution >= 0.6 is 0 Å². The fraction of sp³-hybridized carbons (Fsp3) is 0.684. The third-order valence-corrected chi connectivity index (χ3v) is 4.93. The van der Waals surface area contributed by atoms with Crippen molar-refractivity contribution in [3.63, 3.8) is 0 Å². The Labute approximate surface area is 130 Å². The zero-order valence-electron chi connectivity index (χ0n) is 14.3. The highest BCUT2D eigenvalue weighted by molar-refractivity contribution is 5.54. The van der Waals surface area contributed by atoms with E-state index in [0.717, 1.165) is 25.0 Å². The van der Waals surface area contributed by atoms with E-state index in [9.17, 15) is 0 Å². The molecule has 1 N–H and O–H groups in total. The fourth-order valence-corrected chi connectivity index (χ4v) is 3.46. The minimum Gasteiger partial charge on any atom is -0.371 e. The Kier molecular flexibility index (Phi) is 6.10. The standard InChI is InChI=1S/C19H32N2/c1-5-12-20-14-17-8-11-19(16(3)13-17)21(4)18-9-6-15(2)7-10-18/h8,11,13,15,18,20H,5-7,9-10,12,14H2,1-4H3. The van der Waals surface area contributed by atoms with Crippen LogP contribution in [0.25, 0.3) is 0 Å². The van der Waals surface area contributed by atoms with Gasteiger partial charge in [0.1, 0.15) is 0 Å². The lowest BCUT2D eigenvalue weighted by atomic mass is 9.86. The Morgan fingerprint density at radius 3 is 2.52 bits per heavy atom. The quantitative estimate of drug-likeness (QED) is 0.775. The van der Waals surface area contributed by atoms with Crippen LogP contribution in [0.5, 0.6) is 0 Å². The molecule has 0 unspecified atom stereocenters. The summed E-state index contributed by atoms with van der Waals surface area (Å²) in [4.78, 5) is 2.52. The van der Waals surface area contributed by atoms with Crippen LogP contribution < -0.4 is 10.2 Å². The first-order valence-electron chi connectivity index (χ1n) is 8.65. The van der Waals surface area contributed by atoms with E-state index in [1.54, 1.807) is 0 Å². The number of rotatable bonds is 6. The van der Waals surface area contributed by atoms with Crippen molar-refractivity contribution < 1.29 is 0 Å². The zero-order valence-corrected chi connectivity index (χ0v) is 14.3. The van der Waals surface area contributed by atoms with Crippen molar-refractivity contribution in [1.82, 2.24) is 5.32 Å². The van der Waals surface area contributed by atoms with Crippen molar-refractivity contribution in [3.8, 4) is 0 Å². The number of nitrogens with zero attached hydrogens (tertiary/aromatic N) is 1. The summed E-state index contributed by atoms with van der Waals surface area (Å²) >= 11 is 0. The normalized spacial score (nSPS) is 22.3. The molecule has 1 fully saturated rings. The minimum absolute atomic E-state index is 0.726. The van der Waals surface area contributed by atoms with Gasteiger partial charge in [-0.1, -0.05) is 26.0 Å². The molecule has 1 aliphatic carbocycles. The molecule has 0 amide bonds. The minimum atomic E-state index is 0.726. The van der Waals surface area contributed by atoms with Crippen molar-refractivity contribution in [1.29, 1.82) is 0 Å². The molecule has 0 saturated heterocycles. The molecule has 2 nitrogen and oxygen atoms in total. The second-order valence-corrected chi connectivity index (χ2v) is 6.82. The first-order valence-corrected chi connectivity index (χ1v) is 8.65. The maximum atomic E-state index is 3.48. The van der Waals surface area contributed by atoms with Crippen LogP contribution in [0.4, 0.5) is 5.69 Å². The third kappa shape index (κ3) is 4.47. The smallest absolute Gasteiger partial charge is 0.0396 e. The zero-order chi connectivity index (χ0) is 15.2. The van der Waals surface area contributed by atoms with E-state index in [1.165, 1.54) is 48.9 Å². The van der Waals surface area contributed by atoms with Crippen LogP contribution in [-0.2, 0) is 6.54 Å². The van der Waals surface area contributed by atoms with Gasteiger partial charge >= 0.3 is 0 Å². The predicted octanol–water partition coefficient (Wildman–Crippen LogP) is 4.51. The Balaban J connectivity index is 1.99. The van der Waals surface area contributed by atoms with Gasteiger partial charge in [0.2, 0.25) is 0 Å². The molecule has 1 aromatic rings. The molecule has 0 aromatic heterocycles. The topological polar surface area (TPSA) is 15.3 Å². The van der Waals surface area contributed by atoms with Crippen LogP contribution in [0.2, 0.25) is 0 Å². The second-order valence-electron chi connectivity index (χ2n) is 6.82. The molecular formula is C19H32N2. The van der Waals surface area contributed by atoms with Gasteiger partial charge in [-0.3, -0.25) is 0 Å². The highest BCUT2D eigenvalue weighted by Crippen LogP contribution is 2.31. The van der Waals surface area contributed by atoms with Crippen molar-refractivity contribution in [2.24, 2.45) is 5.92 Å². The summed E-state index contributed by atoms with van der Waals surface area (Å²) in [6.45, 7) is 8.93. The first kappa shape index (κ1) is 16.4. The average Bonchev–Trinajstić information content (AvgIpc) is 2.48. The van der Waals surface area contributed by atoms with Gasteiger partial charge in [-0.2, -0.15) is 0 Å². The lowest BCUT2D eigenvalue weighted by Gasteiger charge is -2.36. The first-order chi connectivity index (χ1) is 10.1. The third-order valence-electron chi connectivity index (χ3n) is 4.93. The molecule has 118 valence electrons. The molecule has 0 heterocycles. The SMILES string of the molecule is CCCNCc1ccc(N(C)C2CCC(C)CC2)c(C)c1. The molecule has 0 aliphatic heterocycles. The molecule has 2 rings (SSSR count). The summed E-state index contributed by atoms with van der Waals surface area (Å²) < 4.78 is 0. The van der Waals surface area contributed by atoms with Gasteiger partial charge in [0.25, 0.3) is 0 Å². The van der Waals surface area contributed by atoms with Crippen LogP contribution in [0.3, 0.4) is 0 Å². The average molecular weight is 288 g/mol. The summed E-state index contributed by atoms with van der Waals surface area (Å²) in [5, 5.41) is 3.48. The van der Waals surface area contributed by atoms with Gasteiger partial charge in [0.05, 0.1) is 0 Å². The fourth-order valence-electron chi connectivity index (χ4n) is 3.46. The molecular weight excluding hydrogens is 256 g/mol. The number of nitrogens with one attached hydrogen (secondary N) is 1. The van der Waals surface area contributed by atoms with E-state index in [1.807, 2.05) is 0 Å². The van der Waals surface area contributed by atoms with Gasteiger partial charge < -0.3 is 10.2 Å². The van der Waals surface area contributed by atoms with E-state index in [4.69, 9.17) is 0 Å². The summed E-state index contributed by atoms with van der Waals surface area (Å²) in [6, 6.07) is 7.67. The molecule has 1 aromatic carbocycles. The van der Waals surface area contributed by atoms with E-state index in [0.29, 0.717) is 0 Å². The molecule has 1 aliphatic rings. The van der Waals surface area contributed by atoms with Gasteiger partial charge in [-0.15, -0.1) is 0 Å². The molecule has 0 atom stereocenters. The Bertz CT molecular complexity index is 433. The number of aryl methyl sites for hydroxylation is 1. The van der Waals surface area contributed by atoms with Crippen molar-refractivity contribution in [2.75, 3.05) is 18.5 Å². The summed E-state index contributed by atoms with van der Waals surface area (Å²) in [7, 11) is 2.28. The van der Waals surface area contributed by atoms with Gasteiger partial charge in [0, 0.05) is 25.3 Å².